The first-order valence-corrected chi connectivity index (χ1v) is 8.87. The van der Waals surface area contributed by atoms with E-state index < -0.39 is 0 Å². The van der Waals surface area contributed by atoms with E-state index in [9.17, 15) is 0 Å². The molecule has 0 saturated carbocycles. The van der Waals surface area contributed by atoms with E-state index in [-0.39, 0.29) is 6.04 Å². The van der Waals surface area contributed by atoms with Crippen molar-refractivity contribution in [2.45, 2.75) is 25.8 Å². The summed E-state index contributed by atoms with van der Waals surface area (Å²) < 4.78 is 5.98. The topological polar surface area (TPSA) is 48.3 Å². The second-order valence-corrected chi connectivity index (χ2v) is 6.75. The molecule has 4 heteroatoms. The van der Waals surface area contributed by atoms with Crippen LogP contribution in [0.2, 0.25) is 0 Å². The standard InChI is InChI=1S/C21H25N3O/c1-16(2)18-4-3-5-19(12-18)24-11-10-23-14-20(24)15-25-21-8-6-17(13-22)7-9-21/h3-9,12,16,20,23H,10-11,14-15H2,1-2H3. The lowest BCUT2D eigenvalue weighted by Crippen LogP contribution is -2.54. The quantitative estimate of drug-likeness (QED) is 0.908. The van der Waals surface area contributed by atoms with Crippen molar-refractivity contribution in [1.29, 1.82) is 5.26 Å². The summed E-state index contributed by atoms with van der Waals surface area (Å²) in [7, 11) is 0. The van der Waals surface area contributed by atoms with Crippen LogP contribution in [0.1, 0.15) is 30.9 Å². The maximum absolute atomic E-state index is 8.88. The Balaban J connectivity index is 1.70. The average Bonchev–Trinajstić information content (AvgIpc) is 2.67. The average molecular weight is 335 g/mol. The van der Waals surface area contributed by atoms with Gasteiger partial charge in [-0.25, -0.2) is 0 Å². The van der Waals surface area contributed by atoms with Crippen LogP contribution < -0.4 is 15.0 Å². The van der Waals surface area contributed by atoms with Gasteiger partial charge in [-0.3, -0.25) is 0 Å². The van der Waals surface area contributed by atoms with E-state index >= 15 is 0 Å². The van der Waals surface area contributed by atoms with E-state index in [0.29, 0.717) is 18.1 Å². The Hall–Kier alpha value is -2.51. The number of anilines is 1. The van der Waals surface area contributed by atoms with Gasteiger partial charge in [0, 0.05) is 25.3 Å². The Morgan fingerprint density at radius 2 is 2.04 bits per heavy atom. The molecule has 1 fully saturated rings. The van der Waals surface area contributed by atoms with Crippen LogP contribution >= 0.6 is 0 Å². The third-order valence-electron chi connectivity index (χ3n) is 4.64. The normalized spacial score (nSPS) is 17.4. The highest BCUT2D eigenvalue weighted by Gasteiger charge is 2.23. The first kappa shape index (κ1) is 17.3. The van der Waals surface area contributed by atoms with E-state index in [1.807, 2.05) is 12.1 Å². The first-order valence-electron chi connectivity index (χ1n) is 8.87. The minimum atomic E-state index is 0.284. The zero-order valence-corrected chi connectivity index (χ0v) is 14.9. The summed E-state index contributed by atoms with van der Waals surface area (Å²) in [5, 5.41) is 12.3. The predicted octanol–water partition coefficient (Wildman–Crippen LogP) is 3.54. The maximum atomic E-state index is 8.88. The van der Waals surface area contributed by atoms with Gasteiger partial charge in [0.15, 0.2) is 0 Å². The number of piperazine rings is 1. The molecule has 2 aromatic carbocycles. The van der Waals surface area contributed by atoms with Crippen molar-refractivity contribution in [2.75, 3.05) is 31.1 Å². The monoisotopic (exact) mass is 335 g/mol. The van der Waals surface area contributed by atoms with Gasteiger partial charge in [0.2, 0.25) is 0 Å². The summed E-state index contributed by atoms with van der Waals surface area (Å²) in [5.41, 5.74) is 3.28. The number of nitrogens with one attached hydrogen (secondary N) is 1. The van der Waals surface area contributed by atoms with E-state index in [0.717, 1.165) is 25.4 Å². The van der Waals surface area contributed by atoms with Crippen LogP contribution in [0.5, 0.6) is 5.75 Å². The summed E-state index contributed by atoms with van der Waals surface area (Å²) in [6.45, 7) is 7.93. The molecular weight excluding hydrogens is 310 g/mol. The molecule has 1 atom stereocenters. The number of benzene rings is 2. The smallest absolute Gasteiger partial charge is 0.119 e. The minimum Gasteiger partial charge on any atom is -0.491 e. The lowest BCUT2D eigenvalue weighted by Gasteiger charge is -2.38. The molecule has 0 amide bonds. The fourth-order valence-corrected chi connectivity index (χ4v) is 3.13. The molecule has 1 N–H and O–H groups in total. The van der Waals surface area contributed by atoms with E-state index in [1.54, 1.807) is 12.1 Å². The maximum Gasteiger partial charge on any atom is 0.119 e. The molecule has 0 aromatic heterocycles. The van der Waals surface area contributed by atoms with Crippen molar-refractivity contribution in [3.63, 3.8) is 0 Å². The molecular formula is C21H25N3O. The van der Waals surface area contributed by atoms with Gasteiger partial charge in [0.05, 0.1) is 17.7 Å². The predicted molar refractivity (Wildman–Crippen MR) is 101 cm³/mol. The zero-order chi connectivity index (χ0) is 17.6. The van der Waals surface area contributed by atoms with Crippen molar-refractivity contribution in [1.82, 2.24) is 5.32 Å². The van der Waals surface area contributed by atoms with Crippen LogP contribution in [0.25, 0.3) is 0 Å². The second kappa shape index (κ2) is 8.04. The molecule has 3 rings (SSSR count). The fraction of sp³-hybridized carbons (Fsp3) is 0.381. The molecule has 0 spiro atoms. The molecule has 0 radical (unpaired) electrons. The first-order chi connectivity index (χ1) is 12.2. The van der Waals surface area contributed by atoms with Gasteiger partial charge >= 0.3 is 0 Å². The van der Waals surface area contributed by atoms with E-state index in [1.165, 1.54) is 11.3 Å². The second-order valence-electron chi connectivity index (χ2n) is 6.75. The van der Waals surface area contributed by atoms with Crippen LogP contribution in [-0.2, 0) is 0 Å². The molecule has 1 aliphatic heterocycles. The largest absolute Gasteiger partial charge is 0.491 e. The Labute approximate surface area is 150 Å². The van der Waals surface area contributed by atoms with E-state index in [2.05, 4.69) is 54.4 Å². The molecule has 1 saturated heterocycles. The van der Waals surface area contributed by atoms with Gasteiger partial charge < -0.3 is 15.0 Å². The lowest BCUT2D eigenvalue weighted by atomic mass is 10.0. The number of rotatable bonds is 5. The molecule has 4 nitrogen and oxygen atoms in total. The summed E-state index contributed by atoms with van der Waals surface area (Å²) in [5.74, 6) is 1.33. The Kier molecular flexibility index (Phi) is 5.57. The molecule has 2 aromatic rings. The van der Waals surface area contributed by atoms with Gasteiger partial charge in [-0.15, -0.1) is 0 Å². The number of hydrogen-bond donors (Lipinski definition) is 1. The molecule has 130 valence electrons. The van der Waals surface area contributed by atoms with Crippen LogP contribution in [0, 0.1) is 11.3 Å². The molecule has 1 unspecified atom stereocenters. The van der Waals surface area contributed by atoms with E-state index in [4.69, 9.17) is 10.00 Å². The van der Waals surface area contributed by atoms with Crippen LogP contribution in [0.3, 0.4) is 0 Å². The zero-order valence-electron chi connectivity index (χ0n) is 14.9. The van der Waals surface area contributed by atoms with Crippen LogP contribution in [-0.4, -0.2) is 32.3 Å². The Morgan fingerprint density at radius 3 is 2.76 bits per heavy atom. The number of nitrogens with zero attached hydrogens (tertiary/aromatic N) is 2. The highest BCUT2D eigenvalue weighted by Crippen LogP contribution is 2.24. The molecule has 0 bridgehead atoms. The molecule has 25 heavy (non-hydrogen) atoms. The van der Waals surface area contributed by atoms with Crippen LogP contribution in [0.4, 0.5) is 5.69 Å². The Morgan fingerprint density at radius 1 is 1.24 bits per heavy atom. The number of ether oxygens (including phenoxy) is 1. The number of hydrogen-bond acceptors (Lipinski definition) is 4. The van der Waals surface area contributed by atoms with Gasteiger partial charge in [-0.1, -0.05) is 26.0 Å². The fourth-order valence-electron chi connectivity index (χ4n) is 3.13. The van der Waals surface area contributed by atoms with Crippen LogP contribution in [0.15, 0.2) is 48.5 Å². The Bertz CT molecular complexity index is 734. The SMILES string of the molecule is CC(C)c1cccc(N2CCNCC2COc2ccc(C#N)cc2)c1. The third-order valence-corrected chi connectivity index (χ3v) is 4.64. The highest BCUT2D eigenvalue weighted by molar-refractivity contribution is 5.51. The molecule has 1 heterocycles. The summed E-state index contributed by atoms with van der Waals surface area (Å²) >= 11 is 0. The van der Waals surface area contributed by atoms with Gasteiger partial charge in [0.25, 0.3) is 0 Å². The van der Waals surface area contributed by atoms with Gasteiger partial charge in [-0.2, -0.15) is 5.26 Å². The third kappa shape index (κ3) is 4.32. The summed E-state index contributed by atoms with van der Waals surface area (Å²) in [6.07, 6.45) is 0. The van der Waals surface area contributed by atoms with Crippen molar-refractivity contribution < 1.29 is 4.74 Å². The lowest BCUT2D eigenvalue weighted by molar-refractivity contribution is 0.267. The summed E-state index contributed by atoms with van der Waals surface area (Å²) in [6, 6.07) is 18.5. The minimum absolute atomic E-state index is 0.284. The molecule has 1 aliphatic rings. The van der Waals surface area contributed by atoms with Crippen molar-refractivity contribution in [3.8, 4) is 11.8 Å². The van der Waals surface area contributed by atoms with Crippen molar-refractivity contribution in [2.24, 2.45) is 0 Å². The van der Waals surface area contributed by atoms with Gasteiger partial charge in [-0.05, 0) is 47.9 Å². The highest BCUT2D eigenvalue weighted by atomic mass is 16.5. The van der Waals surface area contributed by atoms with Gasteiger partial charge in [0.1, 0.15) is 12.4 Å². The summed E-state index contributed by atoms with van der Waals surface area (Å²) in [4.78, 5) is 2.44. The molecule has 0 aliphatic carbocycles. The van der Waals surface area contributed by atoms with Crippen molar-refractivity contribution >= 4 is 5.69 Å². The number of nitriles is 1. The van der Waals surface area contributed by atoms with Crippen molar-refractivity contribution in [3.05, 3.63) is 59.7 Å².